The first-order valence-corrected chi connectivity index (χ1v) is 9.29. The SMILES string of the molecule is O=C1/C=C\C2=CSSC2/C=C\C(=O)OCc2ccccc2CO1. The van der Waals surface area contributed by atoms with Crippen molar-refractivity contribution in [3.8, 4) is 0 Å². The van der Waals surface area contributed by atoms with Gasteiger partial charge in [-0.05, 0) is 28.2 Å². The molecule has 0 fully saturated rings. The third kappa shape index (κ3) is 4.30. The number of fused-ring (bicyclic) bond motifs is 2. The Morgan fingerprint density at radius 3 is 2.26 bits per heavy atom. The van der Waals surface area contributed by atoms with E-state index in [0.717, 1.165) is 16.7 Å². The van der Waals surface area contributed by atoms with Gasteiger partial charge in [0.25, 0.3) is 0 Å². The van der Waals surface area contributed by atoms with E-state index in [4.69, 9.17) is 9.47 Å². The predicted molar refractivity (Wildman–Crippen MR) is 91.4 cm³/mol. The Labute approximate surface area is 142 Å². The Hall–Kier alpha value is -1.92. The van der Waals surface area contributed by atoms with E-state index in [0.29, 0.717) is 0 Å². The van der Waals surface area contributed by atoms with Gasteiger partial charge in [0.2, 0.25) is 0 Å². The third-order valence-corrected chi connectivity index (χ3v) is 5.71. The molecule has 0 bridgehead atoms. The number of carbonyl (C=O) groups is 2. The molecule has 0 saturated heterocycles. The summed E-state index contributed by atoms with van der Waals surface area (Å²) in [6.07, 6.45) is 6.38. The van der Waals surface area contributed by atoms with Crippen molar-refractivity contribution in [2.75, 3.05) is 0 Å². The van der Waals surface area contributed by atoms with E-state index in [1.807, 2.05) is 29.7 Å². The molecular formula is C17H14O4S2. The first kappa shape index (κ1) is 16.0. The highest BCUT2D eigenvalue weighted by Crippen LogP contribution is 2.41. The minimum Gasteiger partial charge on any atom is -0.458 e. The molecule has 2 heterocycles. The standard InChI is InChI=1S/C17H14O4S2/c18-16-7-5-14-11-22-23-15(14)6-8-17(19)21-10-13-4-2-1-3-12(13)9-20-16/h1-8,11,15H,9-10H2/b7-5-,8-6-. The molecular weight excluding hydrogens is 332 g/mol. The maximum absolute atomic E-state index is 11.9. The van der Waals surface area contributed by atoms with Crippen LogP contribution in [0.2, 0.25) is 0 Å². The molecule has 4 nitrogen and oxygen atoms in total. The lowest BCUT2D eigenvalue weighted by Crippen LogP contribution is -2.08. The number of hydrogen-bond acceptors (Lipinski definition) is 6. The highest BCUT2D eigenvalue weighted by molar-refractivity contribution is 8.78. The third-order valence-electron chi connectivity index (χ3n) is 3.35. The molecule has 6 heteroatoms. The van der Waals surface area contributed by atoms with Crippen LogP contribution in [0.4, 0.5) is 0 Å². The second-order valence-electron chi connectivity index (χ2n) is 4.91. The quantitative estimate of drug-likeness (QED) is 0.529. The molecule has 1 unspecified atom stereocenters. The van der Waals surface area contributed by atoms with E-state index in [-0.39, 0.29) is 30.4 Å². The minimum absolute atomic E-state index is 0.0202. The Morgan fingerprint density at radius 2 is 1.57 bits per heavy atom. The van der Waals surface area contributed by atoms with E-state index in [1.54, 1.807) is 33.7 Å². The zero-order chi connectivity index (χ0) is 16.1. The van der Waals surface area contributed by atoms with Gasteiger partial charge in [-0.3, -0.25) is 0 Å². The molecule has 1 aromatic carbocycles. The number of carbonyl (C=O) groups excluding carboxylic acids is 2. The number of cyclic esters (lactones) is 2. The van der Waals surface area contributed by atoms with Crippen molar-refractivity contribution in [1.82, 2.24) is 0 Å². The fourth-order valence-electron chi connectivity index (χ4n) is 2.11. The fourth-order valence-corrected chi connectivity index (χ4v) is 4.49. The lowest BCUT2D eigenvalue weighted by molar-refractivity contribution is -0.140. The van der Waals surface area contributed by atoms with Crippen LogP contribution in [0.5, 0.6) is 0 Å². The van der Waals surface area contributed by atoms with E-state index >= 15 is 0 Å². The van der Waals surface area contributed by atoms with Gasteiger partial charge in [-0.25, -0.2) is 9.59 Å². The zero-order valence-electron chi connectivity index (χ0n) is 12.1. The summed E-state index contributed by atoms with van der Waals surface area (Å²) in [4.78, 5) is 23.7. The van der Waals surface area contributed by atoms with Crippen molar-refractivity contribution < 1.29 is 19.1 Å². The largest absolute Gasteiger partial charge is 0.458 e. The van der Waals surface area contributed by atoms with Crippen LogP contribution >= 0.6 is 21.6 Å². The second kappa shape index (κ2) is 7.57. The van der Waals surface area contributed by atoms with Crippen LogP contribution < -0.4 is 0 Å². The zero-order valence-corrected chi connectivity index (χ0v) is 13.8. The Bertz CT molecular complexity index is 706. The van der Waals surface area contributed by atoms with Gasteiger partial charge in [-0.1, -0.05) is 51.9 Å². The number of benzene rings is 1. The molecule has 0 N–H and O–H groups in total. The van der Waals surface area contributed by atoms with Crippen LogP contribution in [-0.4, -0.2) is 17.2 Å². The molecule has 118 valence electrons. The Morgan fingerprint density at radius 1 is 0.913 bits per heavy atom. The van der Waals surface area contributed by atoms with Gasteiger partial charge in [-0.2, -0.15) is 0 Å². The van der Waals surface area contributed by atoms with Crippen LogP contribution in [0.15, 0.2) is 59.6 Å². The van der Waals surface area contributed by atoms with Crippen molar-refractivity contribution >= 4 is 33.5 Å². The average molecular weight is 346 g/mol. The van der Waals surface area contributed by atoms with Crippen molar-refractivity contribution in [1.29, 1.82) is 0 Å². The van der Waals surface area contributed by atoms with Crippen molar-refractivity contribution in [3.63, 3.8) is 0 Å². The van der Waals surface area contributed by atoms with Gasteiger partial charge in [0.15, 0.2) is 0 Å². The van der Waals surface area contributed by atoms with Gasteiger partial charge in [-0.15, -0.1) is 0 Å². The van der Waals surface area contributed by atoms with Crippen LogP contribution in [0, 0.1) is 0 Å². The molecule has 3 rings (SSSR count). The lowest BCUT2D eigenvalue weighted by Gasteiger charge is -2.11. The maximum atomic E-state index is 11.9. The summed E-state index contributed by atoms with van der Waals surface area (Å²) in [5.74, 6) is -0.769. The molecule has 0 aliphatic carbocycles. The van der Waals surface area contributed by atoms with Gasteiger partial charge in [0.1, 0.15) is 13.2 Å². The Balaban J connectivity index is 1.85. The fraction of sp³-hybridized carbons (Fsp3) is 0.176. The molecule has 2 aliphatic rings. The molecule has 0 saturated carbocycles. The molecule has 0 aromatic heterocycles. The number of hydrogen-bond donors (Lipinski definition) is 0. The summed E-state index contributed by atoms with van der Waals surface area (Å²) in [6, 6.07) is 7.42. The van der Waals surface area contributed by atoms with Crippen molar-refractivity contribution in [3.05, 3.63) is 70.7 Å². The van der Waals surface area contributed by atoms with Crippen LogP contribution in [0.25, 0.3) is 0 Å². The molecule has 1 atom stereocenters. The average Bonchev–Trinajstić information content (AvgIpc) is 3.02. The van der Waals surface area contributed by atoms with E-state index in [9.17, 15) is 9.59 Å². The first-order chi connectivity index (χ1) is 11.2. The normalized spacial score (nSPS) is 24.3. The summed E-state index contributed by atoms with van der Waals surface area (Å²) in [5, 5.41) is 1.97. The summed E-state index contributed by atoms with van der Waals surface area (Å²) in [7, 11) is 3.17. The molecule has 0 spiro atoms. The first-order valence-electron chi connectivity index (χ1n) is 7.01. The maximum Gasteiger partial charge on any atom is 0.331 e. The van der Waals surface area contributed by atoms with Crippen LogP contribution in [0.1, 0.15) is 11.1 Å². The smallest absolute Gasteiger partial charge is 0.331 e. The van der Waals surface area contributed by atoms with E-state index in [2.05, 4.69) is 0 Å². The minimum atomic E-state index is -0.389. The monoisotopic (exact) mass is 346 g/mol. The molecule has 0 amide bonds. The van der Waals surface area contributed by atoms with Crippen LogP contribution in [-0.2, 0) is 32.3 Å². The molecule has 2 aliphatic heterocycles. The Kier molecular flexibility index (Phi) is 5.25. The highest BCUT2D eigenvalue weighted by atomic mass is 33.1. The van der Waals surface area contributed by atoms with E-state index < -0.39 is 0 Å². The van der Waals surface area contributed by atoms with Crippen LogP contribution in [0.3, 0.4) is 0 Å². The van der Waals surface area contributed by atoms with Gasteiger partial charge >= 0.3 is 11.9 Å². The van der Waals surface area contributed by atoms with Gasteiger partial charge < -0.3 is 9.47 Å². The number of ether oxygens (including phenoxy) is 2. The van der Waals surface area contributed by atoms with Gasteiger partial charge in [0, 0.05) is 12.2 Å². The summed E-state index contributed by atoms with van der Waals surface area (Å²) in [5.41, 5.74) is 2.61. The lowest BCUT2D eigenvalue weighted by atomic mass is 10.1. The highest BCUT2D eigenvalue weighted by Gasteiger charge is 2.17. The van der Waals surface area contributed by atoms with E-state index in [1.165, 1.54) is 12.2 Å². The number of rotatable bonds is 0. The summed E-state index contributed by atoms with van der Waals surface area (Å²) in [6.45, 7) is 0.306. The predicted octanol–water partition coefficient (Wildman–Crippen LogP) is 3.55. The van der Waals surface area contributed by atoms with Crippen molar-refractivity contribution in [2.45, 2.75) is 18.5 Å². The van der Waals surface area contributed by atoms with Gasteiger partial charge in [0.05, 0.1) is 5.25 Å². The molecule has 1 aromatic rings. The molecule has 23 heavy (non-hydrogen) atoms. The molecule has 0 radical (unpaired) electrons. The summed E-state index contributed by atoms with van der Waals surface area (Å²) >= 11 is 0. The summed E-state index contributed by atoms with van der Waals surface area (Å²) < 4.78 is 10.5. The number of allylic oxidation sites excluding steroid dienone is 1. The second-order valence-corrected chi connectivity index (χ2v) is 7.19. The number of esters is 2. The topological polar surface area (TPSA) is 52.6 Å². The van der Waals surface area contributed by atoms with Crippen molar-refractivity contribution in [2.24, 2.45) is 0 Å².